The molecule has 0 aliphatic rings. The van der Waals surface area contributed by atoms with Gasteiger partial charge in [0.25, 0.3) is 5.91 Å². The molecule has 0 bridgehead atoms. The second-order valence-electron chi connectivity index (χ2n) is 7.06. The van der Waals surface area contributed by atoms with E-state index in [1.165, 1.54) is 12.7 Å². The van der Waals surface area contributed by atoms with Gasteiger partial charge in [-0.05, 0) is 54.1 Å². The average molecular weight is 419 g/mol. The highest BCUT2D eigenvalue weighted by Gasteiger charge is 2.18. The number of ether oxygens (including phenoxy) is 1. The van der Waals surface area contributed by atoms with Crippen LogP contribution in [0.1, 0.15) is 32.0 Å². The Hall–Kier alpha value is -3.38. The van der Waals surface area contributed by atoms with Crippen molar-refractivity contribution in [2.75, 3.05) is 12.4 Å². The van der Waals surface area contributed by atoms with Crippen molar-refractivity contribution in [3.8, 4) is 0 Å². The Morgan fingerprint density at radius 1 is 1.07 bits per heavy atom. The van der Waals surface area contributed by atoms with Gasteiger partial charge in [0.05, 0.1) is 22.9 Å². The number of esters is 1. The van der Waals surface area contributed by atoms with Crippen LogP contribution in [0.2, 0.25) is 0 Å². The van der Waals surface area contributed by atoms with Gasteiger partial charge >= 0.3 is 5.97 Å². The summed E-state index contributed by atoms with van der Waals surface area (Å²) in [6, 6.07) is 19.4. The maximum absolute atomic E-state index is 13.1. The fraction of sp³-hybridized carbons (Fsp3) is 0.167. The highest BCUT2D eigenvalue weighted by Crippen LogP contribution is 2.27. The summed E-state index contributed by atoms with van der Waals surface area (Å²) in [5, 5.41) is 4.97. The monoisotopic (exact) mass is 418 g/mol. The predicted molar refractivity (Wildman–Crippen MR) is 120 cm³/mol. The lowest BCUT2D eigenvalue weighted by atomic mass is 10.1. The first-order valence-corrected chi connectivity index (χ1v) is 10.6. The second-order valence-corrected chi connectivity index (χ2v) is 8.01. The molecular formula is C24H22N2O3S. The number of anilines is 1. The van der Waals surface area contributed by atoms with Crippen molar-refractivity contribution < 1.29 is 14.3 Å². The quantitative estimate of drug-likeness (QED) is 0.433. The van der Waals surface area contributed by atoms with Crippen LogP contribution >= 0.6 is 11.3 Å². The van der Waals surface area contributed by atoms with Crippen molar-refractivity contribution >= 4 is 39.1 Å². The Morgan fingerprint density at radius 2 is 1.87 bits per heavy atom. The SMILES string of the molecule is COC(=O)c1cc(NC(=O)c2cc3sccc3n2CCc2ccccc2)ccc1C. The van der Waals surface area contributed by atoms with Gasteiger partial charge < -0.3 is 14.6 Å². The van der Waals surface area contributed by atoms with Gasteiger partial charge in [-0.15, -0.1) is 11.3 Å². The number of hydrogen-bond acceptors (Lipinski definition) is 4. The van der Waals surface area contributed by atoms with Gasteiger partial charge in [0.2, 0.25) is 0 Å². The van der Waals surface area contributed by atoms with Gasteiger partial charge in [-0.25, -0.2) is 4.79 Å². The predicted octanol–water partition coefficient (Wildman–Crippen LogP) is 5.29. The van der Waals surface area contributed by atoms with E-state index in [1.807, 2.05) is 42.6 Å². The Bertz CT molecular complexity index is 1210. The Labute approximate surface area is 178 Å². The fourth-order valence-electron chi connectivity index (χ4n) is 3.52. The largest absolute Gasteiger partial charge is 0.465 e. The van der Waals surface area contributed by atoms with Crippen LogP contribution in [-0.2, 0) is 17.7 Å². The van der Waals surface area contributed by atoms with E-state index in [9.17, 15) is 9.59 Å². The minimum absolute atomic E-state index is 0.203. The molecule has 1 amide bonds. The zero-order chi connectivity index (χ0) is 21.1. The van der Waals surface area contributed by atoms with E-state index in [1.54, 1.807) is 29.5 Å². The van der Waals surface area contributed by atoms with Crippen molar-refractivity contribution in [1.29, 1.82) is 0 Å². The number of fused-ring (bicyclic) bond motifs is 1. The molecule has 152 valence electrons. The van der Waals surface area contributed by atoms with Crippen molar-refractivity contribution in [3.63, 3.8) is 0 Å². The number of thiophene rings is 1. The van der Waals surface area contributed by atoms with Gasteiger partial charge in [-0.2, -0.15) is 0 Å². The van der Waals surface area contributed by atoms with Gasteiger partial charge in [-0.1, -0.05) is 36.4 Å². The van der Waals surface area contributed by atoms with E-state index in [-0.39, 0.29) is 5.91 Å². The number of nitrogens with one attached hydrogen (secondary N) is 1. The van der Waals surface area contributed by atoms with E-state index in [0.29, 0.717) is 23.5 Å². The van der Waals surface area contributed by atoms with Gasteiger partial charge in [0, 0.05) is 12.2 Å². The molecule has 4 aromatic rings. The first-order valence-electron chi connectivity index (χ1n) is 9.68. The smallest absolute Gasteiger partial charge is 0.338 e. The zero-order valence-electron chi connectivity index (χ0n) is 16.8. The van der Waals surface area contributed by atoms with Crippen LogP contribution in [0.25, 0.3) is 10.2 Å². The van der Waals surface area contributed by atoms with E-state index in [2.05, 4.69) is 22.0 Å². The molecule has 0 unspecified atom stereocenters. The third-order valence-corrected chi connectivity index (χ3v) is 5.98. The summed E-state index contributed by atoms with van der Waals surface area (Å²) in [6.07, 6.45) is 0.831. The van der Waals surface area contributed by atoms with E-state index >= 15 is 0 Å². The minimum Gasteiger partial charge on any atom is -0.465 e. The molecule has 0 fully saturated rings. The van der Waals surface area contributed by atoms with Crippen molar-refractivity contribution in [3.05, 3.63) is 88.4 Å². The molecule has 2 aromatic carbocycles. The number of aromatic nitrogens is 1. The van der Waals surface area contributed by atoms with Gasteiger partial charge in [0.1, 0.15) is 5.69 Å². The lowest BCUT2D eigenvalue weighted by molar-refractivity contribution is 0.0599. The lowest BCUT2D eigenvalue weighted by Gasteiger charge is -2.12. The number of amides is 1. The summed E-state index contributed by atoms with van der Waals surface area (Å²) in [5.41, 5.74) is 4.68. The molecule has 0 aliphatic heterocycles. The molecule has 2 heterocycles. The average Bonchev–Trinajstić information content (AvgIpc) is 3.35. The van der Waals surface area contributed by atoms with Crippen LogP contribution in [0.15, 0.2) is 66.0 Å². The molecule has 0 atom stereocenters. The maximum atomic E-state index is 13.1. The third-order valence-electron chi connectivity index (χ3n) is 5.12. The summed E-state index contributed by atoms with van der Waals surface area (Å²) < 4.78 is 7.97. The molecule has 4 rings (SSSR count). The highest BCUT2D eigenvalue weighted by atomic mass is 32.1. The first kappa shape index (κ1) is 19.9. The maximum Gasteiger partial charge on any atom is 0.338 e. The number of aryl methyl sites for hydroxylation is 3. The Kier molecular flexibility index (Phi) is 5.68. The normalized spacial score (nSPS) is 10.9. The molecule has 0 saturated carbocycles. The van der Waals surface area contributed by atoms with Crippen LogP contribution in [-0.4, -0.2) is 23.6 Å². The van der Waals surface area contributed by atoms with E-state index in [4.69, 9.17) is 4.74 Å². The summed E-state index contributed by atoms with van der Waals surface area (Å²) in [6.45, 7) is 2.54. The minimum atomic E-state index is -0.421. The fourth-order valence-corrected chi connectivity index (χ4v) is 4.34. The number of carbonyl (C=O) groups is 2. The standard InChI is InChI=1S/C24H22N2O3S/c1-16-8-9-18(14-19(16)24(28)29-2)25-23(27)21-15-22-20(11-13-30-22)26(21)12-10-17-6-4-3-5-7-17/h3-9,11,13-15H,10,12H2,1-2H3,(H,25,27). The zero-order valence-corrected chi connectivity index (χ0v) is 17.7. The lowest BCUT2D eigenvalue weighted by Crippen LogP contribution is -2.18. The Balaban J connectivity index is 1.60. The van der Waals surface area contributed by atoms with Gasteiger partial charge in [0.15, 0.2) is 0 Å². The highest BCUT2D eigenvalue weighted by molar-refractivity contribution is 7.17. The summed E-state index contributed by atoms with van der Waals surface area (Å²) >= 11 is 1.62. The molecule has 0 saturated heterocycles. The van der Waals surface area contributed by atoms with Crippen LogP contribution < -0.4 is 5.32 Å². The Morgan fingerprint density at radius 3 is 2.63 bits per heavy atom. The number of nitrogens with zero attached hydrogens (tertiary/aromatic N) is 1. The number of rotatable bonds is 6. The molecule has 2 aromatic heterocycles. The van der Waals surface area contributed by atoms with Crippen molar-refractivity contribution in [2.24, 2.45) is 0 Å². The second kappa shape index (κ2) is 8.55. The molecular weight excluding hydrogens is 396 g/mol. The van der Waals surface area contributed by atoms with Gasteiger partial charge in [-0.3, -0.25) is 4.79 Å². The summed E-state index contributed by atoms with van der Waals surface area (Å²) in [5.74, 6) is -0.624. The van der Waals surface area contributed by atoms with E-state index < -0.39 is 5.97 Å². The van der Waals surface area contributed by atoms with Crippen molar-refractivity contribution in [1.82, 2.24) is 4.57 Å². The molecule has 30 heavy (non-hydrogen) atoms. The molecule has 0 aliphatic carbocycles. The van der Waals surface area contributed by atoms with Crippen molar-refractivity contribution in [2.45, 2.75) is 19.9 Å². The topological polar surface area (TPSA) is 60.3 Å². The number of carbonyl (C=O) groups excluding carboxylic acids is 2. The van der Waals surface area contributed by atoms with Crippen LogP contribution in [0.3, 0.4) is 0 Å². The van der Waals surface area contributed by atoms with E-state index in [0.717, 1.165) is 22.2 Å². The molecule has 0 radical (unpaired) electrons. The molecule has 5 nitrogen and oxygen atoms in total. The molecule has 0 spiro atoms. The number of methoxy groups -OCH3 is 1. The first-order chi connectivity index (χ1) is 14.6. The van der Waals surface area contributed by atoms with Crippen LogP contribution in [0.4, 0.5) is 5.69 Å². The van der Waals surface area contributed by atoms with Crippen LogP contribution in [0.5, 0.6) is 0 Å². The summed E-state index contributed by atoms with van der Waals surface area (Å²) in [4.78, 5) is 25.1. The molecule has 6 heteroatoms. The number of hydrogen-bond donors (Lipinski definition) is 1. The summed E-state index contributed by atoms with van der Waals surface area (Å²) in [7, 11) is 1.35. The third kappa shape index (κ3) is 4.00. The van der Waals surface area contributed by atoms with Crippen LogP contribution in [0, 0.1) is 6.92 Å². The molecule has 1 N–H and O–H groups in total. The number of benzene rings is 2.